The normalized spacial score (nSPS) is 10.8. The Kier molecular flexibility index (Phi) is 4.87. The zero-order valence-electron chi connectivity index (χ0n) is 12.9. The fraction of sp³-hybridized carbons (Fsp3) is 0.176. The Balaban J connectivity index is 1.93. The standard InChI is InChI=1S/C17H15ClN2O3S/c1-23-16(21)9-19-17(22)14-8-15-13(6-7-24-15)20(14)10-11-4-2-3-5-12(11)18/h2-8H,9-10H2,1H3,(H,19,22). The first-order valence-electron chi connectivity index (χ1n) is 7.25. The highest BCUT2D eigenvalue weighted by molar-refractivity contribution is 7.17. The minimum absolute atomic E-state index is 0.166. The highest BCUT2D eigenvalue weighted by Gasteiger charge is 2.18. The predicted octanol–water partition coefficient (Wildman–Crippen LogP) is 3.31. The molecule has 0 unspecified atom stereocenters. The molecule has 0 aliphatic heterocycles. The van der Waals surface area contributed by atoms with Crippen molar-refractivity contribution in [2.45, 2.75) is 6.54 Å². The summed E-state index contributed by atoms with van der Waals surface area (Å²) >= 11 is 7.81. The summed E-state index contributed by atoms with van der Waals surface area (Å²) in [5.74, 6) is -0.815. The molecule has 5 nitrogen and oxygen atoms in total. The van der Waals surface area contributed by atoms with Crippen molar-refractivity contribution < 1.29 is 14.3 Å². The molecule has 0 aliphatic rings. The number of aromatic nitrogens is 1. The van der Waals surface area contributed by atoms with Crippen molar-refractivity contribution in [3.63, 3.8) is 0 Å². The van der Waals surface area contributed by atoms with Gasteiger partial charge in [-0.05, 0) is 29.1 Å². The summed E-state index contributed by atoms with van der Waals surface area (Å²) in [6, 6.07) is 11.3. The Bertz CT molecular complexity index is 900. The number of nitrogens with one attached hydrogen (secondary N) is 1. The van der Waals surface area contributed by atoms with E-state index in [9.17, 15) is 9.59 Å². The summed E-state index contributed by atoms with van der Waals surface area (Å²) in [5, 5.41) is 5.20. The van der Waals surface area contributed by atoms with Crippen LogP contribution in [0.4, 0.5) is 0 Å². The largest absolute Gasteiger partial charge is 0.468 e. The van der Waals surface area contributed by atoms with E-state index in [-0.39, 0.29) is 12.5 Å². The summed E-state index contributed by atoms with van der Waals surface area (Å²) in [5.41, 5.74) is 2.37. The molecule has 3 rings (SSSR count). The van der Waals surface area contributed by atoms with E-state index >= 15 is 0 Å². The van der Waals surface area contributed by atoms with Crippen LogP contribution in [0.2, 0.25) is 5.02 Å². The number of thiophene rings is 1. The van der Waals surface area contributed by atoms with Crippen LogP contribution in [0.15, 0.2) is 41.8 Å². The number of fused-ring (bicyclic) bond motifs is 1. The fourth-order valence-corrected chi connectivity index (χ4v) is 3.47. The number of carbonyl (C=O) groups excluding carboxylic acids is 2. The van der Waals surface area contributed by atoms with E-state index < -0.39 is 5.97 Å². The van der Waals surface area contributed by atoms with Crippen LogP contribution in [-0.4, -0.2) is 30.1 Å². The third-order valence-electron chi connectivity index (χ3n) is 3.66. The van der Waals surface area contributed by atoms with Gasteiger partial charge in [0.25, 0.3) is 5.91 Å². The first kappa shape index (κ1) is 16.5. The number of benzene rings is 1. The molecule has 2 aromatic heterocycles. The second kappa shape index (κ2) is 7.07. The van der Waals surface area contributed by atoms with Gasteiger partial charge in [-0.15, -0.1) is 11.3 Å². The minimum Gasteiger partial charge on any atom is -0.468 e. The number of carbonyl (C=O) groups is 2. The second-order valence-electron chi connectivity index (χ2n) is 5.14. The molecule has 1 N–H and O–H groups in total. The molecule has 2 heterocycles. The molecule has 0 spiro atoms. The van der Waals surface area contributed by atoms with Crippen LogP contribution in [0.3, 0.4) is 0 Å². The van der Waals surface area contributed by atoms with E-state index in [1.807, 2.05) is 46.3 Å². The van der Waals surface area contributed by atoms with Crippen molar-refractivity contribution in [3.8, 4) is 0 Å². The molecule has 0 saturated carbocycles. The van der Waals surface area contributed by atoms with E-state index in [2.05, 4.69) is 10.1 Å². The van der Waals surface area contributed by atoms with Gasteiger partial charge in [0.05, 0.1) is 17.3 Å². The van der Waals surface area contributed by atoms with Crippen LogP contribution in [0.5, 0.6) is 0 Å². The van der Waals surface area contributed by atoms with E-state index in [0.717, 1.165) is 15.8 Å². The molecule has 7 heteroatoms. The molecule has 0 aliphatic carbocycles. The van der Waals surface area contributed by atoms with Crippen LogP contribution >= 0.6 is 22.9 Å². The number of halogens is 1. The maximum absolute atomic E-state index is 12.5. The van der Waals surface area contributed by atoms with Gasteiger partial charge < -0.3 is 14.6 Å². The Labute approximate surface area is 147 Å². The molecular formula is C17H15ClN2O3S. The van der Waals surface area contributed by atoms with Crippen molar-refractivity contribution in [1.82, 2.24) is 9.88 Å². The Morgan fingerprint density at radius 2 is 2.08 bits per heavy atom. The fourth-order valence-electron chi connectivity index (χ4n) is 2.45. The summed E-state index contributed by atoms with van der Waals surface area (Å²) in [6.07, 6.45) is 0. The number of rotatable bonds is 5. The molecule has 1 amide bonds. The quantitative estimate of drug-likeness (QED) is 0.708. The number of hydrogen-bond acceptors (Lipinski definition) is 4. The molecule has 0 saturated heterocycles. The highest BCUT2D eigenvalue weighted by Crippen LogP contribution is 2.27. The van der Waals surface area contributed by atoms with Gasteiger partial charge in [-0.1, -0.05) is 29.8 Å². The average molecular weight is 363 g/mol. The number of methoxy groups -OCH3 is 1. The van der Waals surface area contributed by atoms with Gasteiger partial charge in [0.15, 0.2) is 0 Å². The van der Waals surface area contributed by atoms with Crippen molar-refractivity contribution >= 4 is 45.0 Å². The first-order valence-corrected chi connectivity index (χ1v) is 8.51. The molecule has 0 radical (unpaired) electrons. The zero-order valence-corrected chi connectivity index (χ0v) is 14.5. The summed E-state index contributed by atoms with van der Waals surface area (Å²) < 4.78 is 7.45. The summed E-state index contributed by atoms with van der Waals surface area (Å²) in [6.45, 7) is 0.307. The summed E-state index contributed by atoms with van der Waals surface area (Å²) in [4.78, 5) is 23.7. The molecule has 124 valence electrons. The molecule has 24 heavy (non-hydrogen) atoms. The summed E-state index contributed by atoms with van der Waals surface area (Å²) in [7, 11) is 1.28. The van der Waals surface area contributed by atoms with Gasteiger partial charge in [-0.25, -0.2) is 0 Å². The number of hydrogen-bond donors (Lipinski definition) is 1. The van der Waals surface area contributed by atoms with Gasteiger partial charge >= 0.3 is 5.97 Å². The molecule has 1 aromatic carbocycles. The lowest BCUT2D eigenvalue weighted by atomic mass is 10.2. The number of ether oxygens (including phenoxy) is 1. The van der Waals surface area contributed by atoms with Gasteiger partial charge in [0, 0.05) is 11.6 Å². The Morgan fingerprint density at radius 1 is 1.29 bits per heavy atom. The second-order valence-corrected chi connectivity index (χ2v) is 6.49. The number of amides is 1. The van der Waals surface area contributed by atoms with Crippen LogP contribution in [0.1, 0.15) is 16.1 Å². The molecule has 0 bridgehead atoms. The predicted molar refractivity (Wildman–Crippen MR) is 94.7 cm³/mol. The van der Waals surface area contributed by atoms with Crippen LogP contribution in [-0.2, 0) is 16.1 Å². The van der Waals surface area contributed by atoms with Crippen molar-refractivity contribution in [1.29, 1.82) is 0 Å². The average Bonchev–Trinajstić information content (AvgIpc) is 3.16. The topological polar surface area (TPSA) is 60.3 Å². The molecule has 0 fully saturated rings. The zero-order chi connectivity index (χ0) is 17.1. The molecular weight excluding hydrogens is 348 g/mol. The highest BCUT2D eigenvalue weighted by atomic mass is 35.5. The maximum Gasteiger partial charge on any atom is 0.325 e. The lowest BCUT2D eigenvalue weighted by Crippen LogP contribution is -2.31. The number of esters is 1. The molecule has 0 atom stereocenters. The Hall–Kier alpha value is -2.31. The minimum atomic E-state index is -0.491. The first-order chi connectivity index (χ1) is 11.6. The van der Waals surface area contributed by atoms with E-state index in [4.69, 9.17) is 11.6 Å². The SMILES string of the molecule is COC(=O)CNC(=O)c1cc2sccc2n1Cc1ccccc1Cl. The van der Waals surface area contributed by atoms with E-state index in [0.29, 0.717) is 17.3 Å². The van der Waals surface area contributed by atoms with Gasteiger partial charge in [0.2, 0.25) is 0 Å². The molecule has 3 aromatic rings. The monoisotopic (exact) mass is 362 g/mol. The van der Waals surface area contributed by atoms with Crippen molar-refractivity contribution in [2.24, 2.45) is 0 Å². The lowest BCUT2D eigenvalue weighted by Gasteiger charge is -2.11. The third-order valence-corrected chi connectivity index (χ3v) is 4.88. The van der Waals surface area contributed by atoms with E-state index in [1.54, 1.807) is 11.3 Å². The van der Waals surface area contributed by atoms with Gasteiger partial charge in [0.1, 0.15) is 12.2 Å². The van der Waals surface area contributed by atoms with Crippen LogP contribution < -0.4 is 5.32 Å². The van der Waals surface area contributed by atoms with Gasteiger partial charge in [-0.2, -0.15) is 0 Å². The van der Waals surface area contributed by atoms with Crippen LogP contribution in [0.25, 0.3) is 10.2 Å². The van der Waals surface area contributed by atoms with Crippen LogP contribution in [0, 0.1) is 0 Å². The van der Waals surface area contributed by atoms with E-state index in [1.165, 1.54) is 7.11 Å². The Morgan fingerprint density at radius 3 is 2.83 bits per heavy atom. The smallest absolute Gasteiger partial charge is 0.325 e. The van der Waals surface area contributed by atoms with Crippen molar-refractivity contribution in [2.75, 3.05) is 13.7 Å². The van der Waals surface area contributed by atoms with Crippen molar-refractivity contribution in [3.05, 3.63) is 58.1 Å². The number of nitrogens with zero attached hydrogens (tertiary/aromatic N) is 1. The maximum atomic E-state index is 12.5. The lowest BCUT2D eigenvalue weighted by molar-refractivity contribution is -0.139. The van der Waals surface area contributed by atoms with Gasteiger partial charge in [-0.3, -0.25) is 9.59 Å². The third kappa shape index (κ3) is 3.29.